The summed E-state index contributed by atoms with van der Waals surface area (Å²) in [4.78, 5) is 3.63. The zero-order chi connectivity index (χ0) is 15.6. The number of hydrogen-bond acceptors (Lipinski definition) is 2. The Morgan fingerprint density at radius 2 is 1.91 bits per heavy atom. The normalized spacial score (nSPS) is 17.3. The van der Waals surface area contributed by atoms with Gasteiger partial charge in [-0.25, -0.2) is 0 Å². The van der Waals surface area contributed by atoms with E-state index in [2.05, 4.69) is 34.6 Å². The van der Waals surface area contributed by atoms with Crippen molar-refractivity contribution < 1.29 is 5.11 Å². The minimum atomic E-state index is 0.330. The van der Waals surface area contributed by atoms with Crippen LogP contribution in [-0.2, 0) is 12.8 Å². The van der Waals surface area contributed by atoms with Crippen molar-refractivity contribution in [2.24, 2.45) is 0 Å². The predicted octanol–water partition coefficient (Wildman–Crippen LogP) is 4.08. The average Bonchev–Trinajstić information content (AvgIpc) is 2.96. The molecule has 1 heterocycles. The molecule has 0 saturated heterocycles. The molecule has 2 aromatic carbocycles. The molecule has 4 rings (SSSR count). The van der Waals surface area contributed by atoms with Crippen LogP contribution >= 0.6 is 0 Å². The summed E-state index contributed by atoms with van der Waals surface area (Å²) in [5.74, 6) is 0.330. The Kier molecular flexibility index (Phi) is 3.80. The Bertz CT molecular complexity index is 804. The number of phenolic OH excluding ortho intramolecular Hbond substituents is 1. The summed E-state index contributed by atoms with van der Waals surface area (Å²) in [6.07, 6.45) is 4.59. The molecule has 3 aromatic rings. The van der Waals surface area contributed by atoms with E-state index in [4.69, 9.17) is 0 Å². The lowest BCUT2D eigenvalue weighted by atomic mass is 9.91. The van der Waals surface area contributed by atoms with E-state index >= 15 is 0 Å². The van der Waals surface area contributed by atoms with Crippen LogP contribution in [0.5, 0.6) is 5.75 Å². The number of hydrogen-bond donors (Lipinski definition) is 3. The van der Waals surface area contributed by atoms with Gasteiger partial charge >= 0.3 is 0 Å². The van der Waals surface area contributed by atoms with Crippen LogP contribution in [0, 0.1) is 0 Å². The van der Waals surface area contributed by atoms with Crippen LogP contribution in [0.15, 0.2) is 48.5 Å². The molecule has 1 aliphatic rings. The van der Waals surface area contributed by atoms with Crippen molar-refractivity contribution in [1.82, 2.24) is 10.3 Å². The fraction of sp³-hybridized carbons (Fsp3) is 0.300. The number of rotatable bonds is 4. The number of benzene rings is 2. The average molecular weight is 306 g/mol. The quantitative estimate of drug-likeness (QED) is 0.680. The molecule has 0 radical (unpaired) electrons. The lowest BCUT2D eigenvalue weighted by molar-refractivity contribution is 0.456. The molecule has 1 aromatic heterocycles. The minimum Gasteiger partial charge on any atom is -0.508 e. The molecule has 23 heavy (non-hydrogen) atoms. The maximum Gasteiger partial charge on any atom is 0.115 e. The van der Waals surface area contributed by atoms with Gasteiger partial charge in [0, 0.05) is 22.6 Å². The number of aryl methyl sites for hydroxylation is 1. The fourth-order valence-electron chi connectivity index (χ4n) is 3.67. The van der Waals surface area contributed by atoms with Crippen LogP contribution in [0.2, 0.25) is 0 Å². The van der Waals surface area contributed by atoms with Gasteiger partial charge in [-0.15, -0.1) is 0 Å². The zero-order valence-corrected chi connectivity index (χ0v) is 13.2. The summed E-state index contributed by atoms with van der Waals surface area (Å²) in [6.45, 7) is 0.949. The van der Waals surface area contributed by atoms with E-state index in [1.807, 2.05) is 12.1 Å². The molecular weight excluding hydrogens is 284 g/mol. The van der Waals surface area contributed by atoms with E-state index in [-0.39, 0.29) is 0 Å². The Morgan fingerprint density at radius 3 is 2.78 bits per heavy atom. The second kappa shape index (κ2) is 6.09. The third-order valence-corrected chi connectivity index (χ3v) is 4.86. The van der Waals surface area contributed by atoms with Crippen molar-refractivity contribution in [2.75, 3.05) is 6.54 Å². The van der Waals surface area contributed by atoms with Crippen molar-refractivity contribution in [3.05, 3.63) is 65.4 Å². The van der Waals surface area contributed by atoms with Gasteiger partial charge < -0.3 is 15.4 Å². The lowest BCUT2D eigenvalue weighted by Crippen LogP contribution is -2.27. The Hall–Kier alpha value is -2.26. The largest absolute Gasteiger partial charge is 0.508 e. The van der Waals surface area contributed by atoms with Gasteiger partial charge in [0.1, 0.15) is 5.75 Å². The summed E-state index contributed by atoms with van der Waals surface area (Å²) in [6, 6.07) is 16.5. The van der Waals surface area contributed by atoms with Gasteiger partial charge in [0.15, 0.2) is 0 Å². The van der Waals surface area contributed by atoms with Gasteiger partial charge in [-0.3, -0.25) is 0 Å². The minimum absolute atomic E-state index is 0.330. The monoisotopic (exact) mass is 306 g/mol. The van der Waals surface area contributed by atoms with Crippen molar-refractivity contribution in [2.45, 2.75) is 31.7 Å². The highest BCUT2D eigenvalue weighted by Crippen LogP contribution is 2.34. The molecule has 1 aliphatic carbocycles. The summed E-state index contributed by atoms with van der Waals surface area (Å²) < 4.78 is 0. The van der Waals surface area contributed by atoms with Gasteiger partial charge in [-0.05, 0) is 61.6 Å². The molecule has 3 N–H and O–H groups in total. The lowest BCUT2D eigenvalue weighted by Gasteiger charge is -2.24. The molecule has 0 spiro atoms. The van der Waals surface area contributed by atoms with Gasteiger partial charge in [-0.1, -0.05) is 30.3 Å². The summed E-state index contributed by atoms with van der Waals surface area (Å²) in [5.41, 5.74) is 5.38. The first-order valence-corrected chi connectivity index (χ1v) is 8.42. The third-order valence-electron chi connectivity index (χ3n) is 4.86. The fourth-order valence-corrected chi connectivity index (χ4v) is 3.67. The van der Waals surface area contributed by atoms with E-state index in [0.29, 0.717) is 11.8 Å². The summed E-state index contributed by atoms with van der Waals surface area (Å²) in [5, 5.41) is 14.4. The van der Waals surface area contributed by atoms with E-state index in [9.17, 15) is 5.11 Å². The van der Waals surface area contributed by atoms with Crippen molar-refractivity contribution in [3.8, 4) is 5.75 Å². The first-order chi connectivity index (χ1) is 11.3. The number of fused-ring (bicyclic) bond motifs is 3. The number of aromatic hydroxyl groups is 1. The first kappa shape index (κ1) is 14.3. The number of phenols is 1. The predicted molar refractivity (Wildman–Crippen MR) is 93.8 cm³/mol. The Labute approximate surface area is 136 Å². The number of aromatic amines is 1. The van der Waals surface area contributed by atoms with Gasteiger partial charge in [0.25, 0.3) is 0 Å². The number of aromatic nitrogens is 1. The van der Waals surface area contributed by atoms with Crippen molar-refractivity contribution >= 4 is 10.9 Å². The second-order valence-electron chi connectivity index (χ2n) is 6.38. The maximum absolute atomic E-state index is 9.34. The van der Waals surface area contributed by atoms with E-state index in [1.54, 1.807) is 12.1 Å². The summed E-state index contributed by atoms with van der Waals surface area (Å²) in [7, 11) is 0. The molecule has 0 amide bonds. The SMILES string of the molecule is Oc1ccc(CCNC2CCCc3c2[nH]c2ccccc32)cc1. The number of para-hydroxylation sites is 1. The Balaban J connectivity index is 1.47. The van der Waals surface area contributed by atoms with Crippen LogP contribution in [0.4, 0.5) is 0 Å². The van der Waals surface area contributed by atoms with Crippen LogP contribution in [0.25, 0.3) is 10.9 Å². The third kappa shape index (κ3) is 2.84. The summed E-state index contributed by atoms with van der Waals surface area (Å²) >= 11 is 0. The molecule has 118 valence electrons. The molecule has 0 aliphatic heterocycles. The van der Waals surface area contributed by atoms with E-state index < -0.39 is 0 Å². The molecule has 3 nitrogen and oxygen atoms in total. The second-order valence-corrected chi connectivity index (χ2v) is 6.38. The molecule has 3 heteroatoms. The topological polar surface area (TPSA) is 48.0 Å². The standard InChI is InChI=1S/C20H22N2O/c23-15-10-8-14(9-11-15)12-13-21-19-7-3-5-17-16-4-1-2-6-18(16)22-20(17)19/h1-2,4,6,8-11,19,21-23H,3,5,7,12-13H2. The molecule has 0 saturated carbocycles. The number of nitrogens with one attached hydrogen (secondary N) is 2. The van der Waals surface area contributed by atoms with Crippen LogP contribution in [0.1, 0.15) is 35.7 Å². The highest BCUT2D eigenvalue weighted by molar-refractivity contribution is 5.85. The molecule has 1 unspecified atom stereocenters. The van der Waals surface area contributed by atoms with Gasteiger partial charge in [0.05, 0.1) is 0 Å². The van der Waals surface area contributed by atoms with E-state index in [0.717, 1.165) is 13.0 Å². The molecule has 0 bridgehead atoms. The van der Waals surface area contributed by atoms with Gasteiger partial charge in [-0.2, -0.15) is 0 Å². The van der Waals surface area contributed by atoms with E-state index in [1.165, 1.54) is 47.0 Å². The number of H-pyrrole nitrogens is 1. The molecular formula is C20H22N2O. The molecule has 1 atom stereocenters. The van der Waals surface area contributed by atoms with Crippen LogP contribution < -0.4 is 5.32 Å². The van der Waals surface area contributed by atoms with Crippen LogP contribution in [-0.4, -0.2) is 16.6 Å². The highest BCUT2D eigenvalue weighted by atomic mass is 16.3. The van der Waals surface area contributed by atoms with Crippen molar-refractivity contribution in [1.29, 1.82) is 0 Å². The zero-order valence-electron chi connectivity index (χ0n) is 13.2. The van der Waals surface area contributed by atoms with Gasteiger partial charge in [0.2, 0.25) is 0 Å². The van der Waals surface area contributed by atoms with Crippen molar-refractivity contribution in [3.63, 3.8) is 0 Å². The van der Waals surface area contributed by atoms with Crippen LogP contribution in [0.3, 0.4) is 0 Å². The maximum atomic E-state index is 9.34. The highest BCUT2D eigenvalue weighted by Gasteiger charge is 2.23. The smallest absolute Gasteiger partial charge is 0.115 e. The molecule has 0 fully saturated rings. The Morgan fingerprint density at radius 1 is 1.09 bits per heavy atom. The first-order valence-electron chi connectivity index (χ1n) is 8.42.